The molecule has 2 aromatic carbocycles. The highest BCUT2D eigenvalue weighted by Crippen LogP contribution is 2.37. The van der Waals surface area contributed by atoms with E-state index in [1.54, 1.807) is 30.3 Å². The van der Waals surface area contributed by atoms with Gasteiger partial charge in [-0.2, -0.15) is 0 Å². The number of benzene rings is 2. The van der Waals surface area contributed by atoms with E-state index in [-0.39, 0.29) is 21.3 Å². The highest BCUT2D eigenvalue weighted by atomic mass is 32.2. The molecule has 33 heavy (non-hydrogen) atoms. The van der Waals surface area contributed by atoms with Gasteiger partial charge in [0.1, 0.15) is 11.5 Å². The Balaban J connectivity index is 2.24. The lowest BCUT2D eigenvalue weighted by Gasteiger charge is -2.18. The van der Waals surface area contributed by atoms with Gasteiger partial charge in [-0.05, 0) is 79.0 Å². The van der Waals surface area contributed by atoms with Gasteiger partial charge in [-0.1, -0.05) is 48.1 Å². The van der Waals surface area contributed by atoms with Gasteiger partial charge < -0.3 is 9.47 Å². The third kappa shape index (κ3) is 3.76. The zero-order valence-corrected chi connectivity index (χ0v) is 20.6. The van der Waals surface area contributed by atoms with Gasteiger partial charge in [-0.15, -0.1) is 0 Å². The standard InChI is InChI=1S/C28H28O4S/c1-17-14-19(3)25-18(2)12-13-22-23(26(25)20(4)15-17)16-24(31-5)28(27(22)32-6)33(29,30)21-10-8-7-9-11-21/h7-16H,1-6H3. The molecule has 0 aromatic heterocycles. The van der Waals surface area contributed by atoms with Crippen molar-refractivity contribution in [3.8, 4) is 11.5 Å². The van der Waals surface area contributed by atoms with Crippen LogP contribution in [-0.4, -0.2) is 22.6 Å². The zero-order valence-electron chi connectivity index (χ0n) is 19.8. The van der Waals surface area contributed by atoms with Gasteiger partial charge in [0.15, 0.2) is 4.90 Å². The monoisotopic (exact) mass is 460 g/mol. The molecule has 4 nitrogen and oxygen atoms in total. The van der Waals surface area contributed by atoms with Gasteiger partial charge in [-0.3, -0.25) is 0 Å². The van der Waals surface area contributed by atoms with Crippen LogP contribution in [0.5, 0.6) is 11.5 Å². The molecule has 2 aliphatic rings. The lowest BCUT2D eigenvalue weighted by molar-refractivity contribution is 0.370. The summed E-state index contributed by atoms with van der Waals surface area (Å²) in [6.45, 7) is 8.36. The summed E-state index contributed by atoms with van der Waals surface area (Å²) in [5, 5.41) is 1.60. The summed E-state index contributed by atoms with van der Waals surface area (Å²) >= 11 is 0. The van der Waals surface area contributed by atoms with Crippen LogP contribution in [0.25, 0.3) is 11.6 Å². The van der Waals surface area contributed by atoms with Crippen LogP contribution in [0.4, 0.5) is 0 Å². The van der Waals surface area contributed by atoms with E-state index in [0.29, 0.717) is 0 Å². The molecular weight excluding hydrogens is 432 g/mol. The summed E-state index contributed by atoms with van der Waals surface area (Å²) in [6.07, 6.45) is 8.30. The van der Waals surface area contributed by atoms with E-state index < -0.39 is 9.84 Å². The number of hydrogen-bond acceptors (Lipinski definition) is 4. The van der Waals surface area contributed by atoms with Gasteiger partial charge in [0.2, 0.25) is 9.84 Å². The van der Waals surface area contributed by atoms with Gasteiger partial charge in [0.25, 0.3) is 0 Å². The molecule has 0 saturated heterocycles. The Kier molecular flexibility index (Phi) is 5.93. The number of rotatable bonds is 4. The summed E-state index contributed by atoms with van der Waals surface area (Å²) in [7, 11) is -0.898. The fraction of sp³-hybridized carbons (Fsp3) is 0.214. The molecule has 2 aromatic rings. The summed E-state index contributed by atoms with van der Waals surface area (Å²) in [5.74, 6) is 0.541. The maximum absolute atomic E-state index is 13.7. The van der Waals surface area contributed by atoms with Crippen LogP contribution in [0, 0.1) is 0 Å². The maximum Gasteiger partial charge on any atom is 0.213 e. The third-order valence-corrected chi connectivity index (χ3v) is 7.89. The first kappa shape index (κ1) is 22.9. The van der Waals surface area contributed by atoms with Crippen LogP contribution >= 0.6 is 0 Å². The topological polar surface area (TPSA) is 52.6 Å². The molecule has 0 N–H and O–H groups in total. The Morgan fingerprint density at radius 1 is 0.788 bits per heavy atom. The van der Waals surface area contributed by atoms with E-state index in [1.807, 2.05) is 18.2 Å². The lowest BCUT2D eigenvalue weighted by atomic mass is 9.89. The quantitative estimate of drug-likeness (QED) is 0.667. The smallest absolute Gasteiger partial charge is 0.213 e. The third-order valence-electron chi connectivity index (χ3n) is 6.08. The molecular formula is C28H28O4S. The van der Waals surface area contributed by atoms with Crippen molar-refractivity contribution in [2.75, 3.05) is 14.2 Å². The average molecular weight is 461 g/mol. The number of allylic oxidation sites excluding steroid dienone is 8. The second-order valence-corrected chi connectivity index (χ2v) is 10.3. The lowest BCUT2D eigenvalue weighted by Crippen LogP contribution is -2.31. The largest absolute Gasteiger partial charge is 0.495 e. The molecule has 0 unspecified atom stereocenters. The Bertz CT molecular complexity index is 1500. The van der Waals surface area contributed by atoms with E-state index in [0.717, 1.165) is 38.3 Å². The normalized spacial score (nSPS) is 15.8. The molecule has 0 amide bonds. The van der Waals surface area contributed by atoms with Crippen molar-refractivity contribution in [2.45, 2.75) is 37.5 Å². The SMILES string of the molecule is COc1cc2c(c(OC)c1S(=O)(=O)c1ccccc1)=CC=C(C)C1=C(C)C=C(C)C=C(C)C=21. The van der Waals surface area contributed by atoms with E-state index in [2.05, 4.69) is 39.8 Å². The summed E-state index contributed by atoms with van der Waals surface area (Å²) in [5.41, 5.74) is 6.72. The highest BCUT2D eigenvalue weighted by Gasteiger charge is 2.30. The fourth-order valence-corrected chi connectivity index (χ4v) is 6.34. The van der Waals surface area contributed by atoms with Crippen LogP contribution in [-0.2, 0) is 9.84 Å². The minimum Gasteiger partial charge on any atom is -0.495 e. The number of ether oxygens (including phenoxy) is 2. The Morgan fingerprint density at radius 3 is 2.12 bits per heavy atom. The Hall–Kier alpha value is -3.31. The van der Waals surface area contributed by atoms with Crippen molar-refractivity contribution in [1.82, 2.24) is 0 Å². The van der Waals surface area contributed by atoms with Crippen molar-refractivity contribution >= 4 is 21.5 Å². The number of hydrogen-bond donors (Lipinski definition) is 0. The van der Waals surface area contributed by atoms with Crippen LogP contribution in [0.1, 0.15) is 27.7 Å². The first-order valence-corrected chi connectivity index (χ1v) is 12.3. The molecule has 0 heterocycles. The molecule has 5 heteroatoms. The molecule has 0 atom stereocenters. The summed E-state index contributed by atoms with van der Waals surface area (Å²) < 4.78 is 38.9. The summed E-state index contributed by atoms with van der Waals surface area (Å²) in [6, 6.07) is 10.2. The minimum atomic E-state index is -3.89. The van der Waals surface area contributed by atoms with Crippen LogP contribution in [0.3, 0.4) is 0 Å². The van der Waals surface area contributed by atoms with Crippen LogP contribution in [0.2, 0.25) is 0 Å². The average Bonchev–Trinajstić information content (AvgIpc) is 3.01. The van der Waals surface area contributed by atoms with E-state index >= 15 is 0 Å². The molecule has 0 saturated carbocycles. The predicted molar refractivity (Wildman–Crippen MR) is 133 cm³/mol. The first-order valence-electron chi connectivity index (χ1n) is 10.8. The molecule has 2 aliphatic carbocycles. The van der Waals surface area contributed by atoms with Gasteiger partial charge in [0, 0.05) is 5.22 Å². The number of fused-ring (bicyclic) bond motifs is 2. The second-order valence-electron chi connectivity index (χ2n) is 8.38. The van der Waals surface area contributed by atoms with Gasteiger partial charge in [0.05, 0.1) is 19.1 Å². The van der Waals surface area contributed by atoms with Crippen molar-refractivity contribution < 1.29 is 17.9 Å². The number of methoxy groups -OCH3 is 2. The van der Waals surface area contributed by atoms with Crippen molar-refractivity contribution in [2.24, 2.45) is 0 Å². The van der Waals surface area contributed by atoms with Crippen molar-refractivity contribution in [1.29, 1.82) is 0 Å². The molecule has 0 fully saturated rings. The van der Waals surface area contributed by atoms with Crippen molar-refractivity contribution in [3.05, 3.63) is 92.9 Å². The molecule has 0 spiro atoms. The Labute approximate surface area is 195 Å². The maximum atomic E-state index is 13.7. The zero-order chi connectivity index (χ0) is 23.9. The van der Waals surface area contributed by atoms with Crippen LogP contribution in [0.15, 0.2) is 92.3 Å². The molecule has 4 rings (SSSR count). The highest BCUT2D eigenvalue weighted by molar-refractivity contribution is 7.91. The Morgan fingerprint density at radius 2 is 1.48 bits per heavy atom. The van der Waals surface area contributed by atoms with E-state index in [1.165, 1.54) is 19.8 Å². The van der Waals surface area contributed by atoms with E-state index in [9.17, 15) is 8.42 Å². The second kappa shape index (κ2) is 8.56. The first-order chi connectivity index (χ1) is 15.7. The molecule has 0 aliphatic heterocycles. The molecule has 170 valence electrons. The van der Waals surface area contributed by atoms with Crippen molar-refractivity contribution in [3.63, 3.8) is 0 Å². The molecule has 0 bridgehead atoms. The van der Waals surface area contributed by atoms with Crippen LogP contribution < -0.4 is 19.9 Å². The van der Waals surface area contributed by atoms with Gasteiger partial charge in [-0.25, -0.2) is 8.42 Å². The predicted octanol–water partition coefficient (Wildman–Crippen LogP) is 4.65. The van der Waals surface area contributed by atoms with Gasteiger partial charge >= 0.3 is 0 Å². The fourth-order valence-electron chi connectivity index (χ4n) is 4.74. The molecule has 0 radical (unpaired) electrons. The van der Waals surface area contributed by atoms with E-state index in [4.69, 9.17) is 9.47 Å². The number of sulfone groups is 1. The minimum absolute atomic E-state index is 0.0362. The summed E-state index contributed by atoms with van der Waals surface area (Å²) in [4.78, 5) is 0.227.